The van der Waals surface area contributed by atoms with Gasteiger partial charge < -0.3 is 10.1 Å². The van der Waals surface area contributed by atoms with Crippen molar-refractivity contribution in [2.75, 3.05) is 5.32 Å². The highest BCUT2D eigenvalue weighted by molar-refractivity contribution is 6.34. The predicted octanol–water partition coefficient (Wildman–Crippen LogP) is 4.74. The molecule has 0 saturated carbocycles. The number of hydrogen-bond donors (Lipinski definition) is 1. The molecule has 0 bridgehead atoms. The van der Waals surface area contributed by atoms with E-state index in [0.29, 0.717) is 0 Å². The van der Waals surface area contributed by atoms with Gasteiger partial charge in [0.05, 0.1) is 5.69 Å². The fourth-order valence-electron chi connectivity index (χ4n) is 2.23. The number of carbonyl (C=O) groups is 1. The van der Waals surface area contributed by atoms with Gasteiger partial charge in [0, 0.05) is 5.39 Å². The largest absolute Gasteiger partial charge is 0.433 e. The Balaban J connectivity index is 1.91. The number of ether oxygens (including phenoxy) is 1. The molecule has 3 aromatic rings. The Kier molecular flexibility index (Phi) is 4.57. The molecule has 0 radical (unpaired) electrons. The van der Waals surface area contributed by atoms with Crippen molar-refractivity contribution in [2.24, 2.45) is 0 Å². The van der Waals surface area contributed by atoms with E-state index in [1.807, 2.05) is 12.1 Å². The van der Waals surface area contributed by atoms with Crippen LogP contribution in [0.2, 0.25) is 5.15 Å². The third kappa shape index (κ3) is 3.44. The first-order valence-electron chi connectivity index (χ1n) is 6.95. The molecule has 0 spiro atoms. The predicted molar refractivity (Wildman–Crippen MR) is 87.8 cm³/mol. The Morgan fingerprint density at radius 1 is 1.12 bits per heavy atom. The van der Waals surface area contributed by atoms with Gasteiger partial charge in [-0.3, -0.25) is 4.79 Å². The van der Waals surface area contributed by atoms with E-state index in [0.717, 1.165) is 10.8 Å². The molecule has 0 saturated heterocycles. The van der Waals surface area contributed by atoms with Gasteiger partial charge in [0.2, 0.25) is 0 Å². The van der Waals surface area contributed by atoms with Crippen LogP contribution >= 0.6 is 11.6 Å². The summed E-state index contributed by atoms with van der Waals surface area (Å²) in [6.45, 7) is -2.99. The SMILES string of the molecule is O=C(Nc1ccccc1OC(F)F)c1cc2ccccc2c(Cl)n1. The van der Waals surface area contributed by atoms with Gasteiger partial charge in [-0.2, -0.15) is 8.78 Å². The summed E-state index contributed by atoms with van der Waals surface area (Å²) < 4.78 is 29.2. The average molecular weight is 349 g/mol. The average Bonchev–Trinajstić information content (AvgIpc) is 2.56. The van der Waals surface area contributed by atoms with Crippen LogP contribution in [0.15, 0.2) is 54.6 Å². The summed E-state index contributed by atoms with van der Waals surface area (Å²) in [7, 11) is 0. The molecule has 0 fully saturated rings. The second-order valence-electron chi connectivity index (χ2n) is 4.85. The van der Waals surface area contributed by atoms with Crippen molar-refractivity contribution in [1.82, 2.24) is 4.98 Å². The van der Waals surface area contributed by atoms with Gasteiger partial charge in [-0.05, 0) is 23.6 Å². The normalized spacial score (nSPS) is 10.8. The summed E-state index contributed by atoms with van der Waals surface area (Å²) in [6, 6.07) is 14.7. The van der Waals surface area contributed by atoms with E-state index < -0.39 is 12.5 Å². The second-order valence-corrected chi connectivity index (χ2v) is 5.21. The van der Waals surface area contributed by atoms with E-state index in [9.17, 15) is 13.6 Å². The number of halogens is 3. The molecule has 1 N–H and O–H groups in total. The summed E-state index contributed by atoms with van der Waals surface area (Å²) in [6.07, 6.45) is 0. The molecule has 7 heteroatoms. The highest BCUT2D eigenvalue weighted by atomic mass is 35.5. The summed E-state index contributed by atoms with van der Waals surface area (Å²) in [5.41, 5.74) is 0.194. The van der Waals surface area contributed by atoms with Crippen molar-refractivity contribution in [3.8, 4) is 5.75 Å². The number of benzene rings is 2. The number of alkyl halides is 2. The van der Waals surface area contributed by atoms with E-state index in [-0.39, 0.29) is 22.3 Å². The highest BCUT2D eigenvalue weighted by Gasteiger charge is 2.15. The first-order chi connectivity index (χ1) is 11.5. The van der Waals surface area contributed by atoms with E-state index in [2.05, 4.69) is 15.0 Å². The van der Waals surface area contributed by atoms with E-state index in [4.69, 9.17) is 11.6 Å². The molecule has 0 atom stereocenters. The highest BCUT2D eigenvalue weighted by Crippen LogP contribution is 2.27. The Hall–Kier alpha value is -2.73. The monoisotopic (exact) mass is 348 g/mol. The number of nitrogens with zero attached hydrogens (tertiary/aromatic N) is 1. The third-order valence-electron chi connectivity index (χ3n) is 3.28. The number of rotatable bonds is 4. The molecular weight excluding hydrogens is 338 g/mol. The lowest BCUT2D eigenvalue weighted by molar-refractivity contribution is -0.0493. The molecule has 1 heterocycles. The van der Waals surface area contributed by atoms with Crippen molar-refractivity contribution in [1.29, 1.82) is 0 Å². The van der Waals surface area contributed by atoms with Crippen molar-refractivity contribution in [3.63, 3.8) is 0 Å². The van der Waals surface area contributed by atoms with Gasteiger partial charge in [0.15, 0.2) is 0 Å². The number of para-hydroxylation sites is 2. The van der Waals surface area contributed by atoms with Crippen molar-refractivity contribution in [3.05, 3.63) is 65.4 Å². The lowest BCUT2D eigenvalue weighted by Gasteiger charge is -2.12. The van der Waals surface area contributed by atoms with E-state index in [1.165, 1.54) is 18.2 Å². The second kappa shape index (κ2) is 6.80. The zero-order valence-electron chi connectivity index (χ0n) is 12.2. The molecule has 0 aliphatic heterocycles. The number of amides is 1. The van der Waals surface area contributed by atoms with Crippen LogP contribution in [0.1, 0.15) is 10.5 Å². The molecule has 4 nitrogen and oxygen atoms in total. The molecule has 1 aromatic heterocycles. The van der Waals surface area contributed by atoms with Gasteiger partial charge in [0.1, 0.15) is 16.6 Å². The van der Waals surface area contributed by atoms with Gasteiger partial charge in [-0.15, -0.1) is 0 Å². The van der Waals surface area contributed by atoms with Gasteiger partial charge in [0.25, 0.3) is 5.91 Å². The maximum atomic E-state index is 12.4. The summed E-state index contributed by atoms with van der Waals surface area (Å²) in [5.74, 6) is -0.708. The fourth-order valence-corrected chi connectivity index (χ4v) is 2.49. The Morgan fingerprint density at radius 3 is 2.62 bits per heavy atom. The van der Waals surface area contributed by atoms with Crippen LogP contribution in [0.5, 0.6) is 5.75 Å². The number of anilines is 1. The molecular formula is C17H11ClF2N2O2. The van der Waals surface area contributed by atoms with Crippen LogP contribution in [0.3, 0.4) is 0 Å². The Labute approximate surface area is 141 Å². The van der Waals surface area contributed by atoms with Gasteiger partial charge in [-0.25, -0.2) is 4.98 Å². The molecule has 122 valence electrons. The topological polar surface area (TPSA) is 51.2 Å². The number of aromatic nitrogens is 1. The summed E-state index contributed by atoms with van der Waals surface area (Å²) >= 11 is 6.09. The number of carbonyl (C=O) groups excluding carboxylic acids is 1. The van der Waals surface area contributed by atoms with E-state index >= 15 is 0 Å². The van der Waals surface area contributed by atoms with Crippen LogP contribution in [0.25, 0.3) is 10.8 Å². The van der Waals surface area contributed by atoms with Crippen LogP contribution in [0, 0.1) is 0 Å². The number of pyridine rings is 1. The summed E-state index contributed by atoms with van der Waals surface area (Å²) in [5, 5.41) is 4.17. The van der Waals surface area contributed by atoms with Crippen LogP contribution in [0.4, 0.5) is 14.5 Å². The lowest BCUT2D eigenvalue weighted by atomic mass is 10.1. The first kappa shape index (κ1) is 16.1. The Morgan fingerprint density at radius 2 is 1.83 bits per heavy atom. The van der Waals surface area contributed by atoms with Crippen molar-refractivity contribution in [2.45, 2.75) is 6.61 Å². The molecule has 3 rings (SSSR count). The summed E-state index contributed by atoms with van der Waals surface area (Å²) in [4.78, 5) is 16.4. The first-order valence-corrected chi connectivity index (χ1v) is 7.33. The van der Waals surface area contributed by atoms with Gasteiger partial charge in [-0.1, -0.05) is 48.0 Å². The Bertz CT molecular complexity index is 903. The van der Waals surface area contributed by atoms with Crippen molar-refractivity contribution < 1.29 is 18.3 Å². The molecule has 0 aliphatic carbocycles. The zero-order valence-corrected chi connectivity index (χ0v) is 12.9. The van der Waals surface area contributed by atoms with Gasteiger partial charge >= 0.3 is 6.61 Å². The zero-order chi connectivity index (χ0) is 17.1. The smallest absolute Gasteiger partial charge is 0.387 e. The molecule has 0 unspecified atom stereocenters. The standard InChI is InChI=1S/C17H11ClF2N2O2/c18-15-11-6-2-1-5-10(11)9-13(21-15)16(23)22-12-7-3-4-8-14(12)24-17(19)20/h1-9,17H,(H,22,23). The minimum absolute atomic E-state index is 0.0746. The number of hydrogen-bond acceptors (Lipinski definition) is 3. The minimum Gasteiger partial charge on any atom is -0.433 e. The number of nitrogens with one attached hydrogen (secondary N) is 1. The quantitative estimate of drug-likeness (QED) is 0.693. The fraction of sp³-hybridized carbons (Fsp3) is 0.0588. The lowest BCUT2D eigenvalue weighted by Crippen LogP contribution is -2.15. The molecule has 1 amide bonds. The third-order valence-corrected chi connectivity index (χ3v) is 3.57. The van der Waals surface area contributed by atoms with Crippen LogP contribution < -0.4 is 10.1 Å². The van der Waals surface area contributed by atoms with Crippen molar-refractivity contribution >= 4 is 34.0 Å². The molecule has 24 heavy (non-hydrogen) atoms. The van der Waals surface area contributed by atoms with E-state index in [1.54, 1.807) is 24.3 Å². The minimum atomic E-state index is -2.99. The number of fused-ring (bicyclic) bond motifs is 1. The van der Waals surface area contributed by atoms with Crippen LogP contribution in [-0.2, 0) is 0 Å². The molecule has 0 aliphatic rings. The maximum absolute atomic E-state index is 12.4. The van der Waals surface area contributed by atoms with Crippen LogP contribution in [-0.4, -0.2) is 17.5 Å². The maximum Gasteiger partial charge on any atom is 0.387 e. The molecule has 2 aromatic carbocycles.